The topological polar surface area (TPSA) is 86.8 Å². The molecule has 0 radical (unpaired) electrons. The van der Waals surface area contributed by atoms with Crippen molar-refractivity contribution >= 4 is 50.7 Å². The lowest BCUT2D eigenvalue weighted by molar-refractivity contribution is -0.140. The molecule has 3 rings (SSSR count). The van der Waals surface area contributed by atoms with Gasteiger partial charge in [0.15, 0.2) is 0 Å². The lowest BCUT2D eigenvalue weighted by atomic mass is 10.1. The predicted molar refractivity (Wildman–Crippen MR) is 166 cm³/mol. The number of hydrogen-bond acceptors (Lipinski definition) is 4. The van der Waals surface area contributed by atoms with Crippen molar-refractivity contribution in [2.45, 2.75) is 71.0 Å². The number of aryl methyl sites for hydroxylation is 2. The van der Waals surface area contributed by atoms with Gasteiger partial charge in [-0.05, 0) is 81.1 Å². The predicted octanol–water partition coefficient (Wildman–Crippen LogP) is 6.53. The Balaban J connectivity index is 2.12. The second-order valence-electron chi connectivity index (χ2n) is 10.1. The number of nitrogens with one attached hydrogen (secondary N) is 1. The summed E-state index contributed by atoms with van der Waals surface area (Å²) in [6, 6.07) is 17.4. The van der Waals surface area contributed by atoms with Crippen LogP contribution in [0.25, 0.3) is 0 Å². The smallest absolute Gasteiger partial charge is 0.264 e. The Labute approximate surface area is 253 Å². The van der Waals surface area contributed by atoms with Crippen molar-refractivity contribution in [1.82, 2.24) is 10.2 Å². The van der Waals surface area contributed by atoms with Crippen molar-refractivity contribution in [3.05, 3.63) is 93.5 Å². The summed E-state index contributed by atoms with van der Waals surface area (Å²) in [5.74, 6) is -0.895. The van der Waals surface area contributed by atoms with Gasteiger partial charge < -0.3 is 10.2 Å². The van der Waals surface area contributed by atoms with E-state index < -0.39 is 28.5 Å². The molecule has 2 amide bonds. The van der Waals surface area contributed by atoms with Crippen LogP contribution in [0, 0.1) is 13.8 Å². The van der Waals surface area contributed by atoms with E-state index in [1.807, 2.05) is 33.8 Å². The highest BCUT2D eigenvalue weighted by Crippen LogP contribution is 2.29. The largest absolute Gasteiger partial charge is 0.352 e. The number of hydrogen-bond donors (Lipinski definition) is 1. The summed E-state index contributed by atoms with van der Waals surface area (Å²) in [5, 5.41) is 3.64. The van der Waals surface area contributed by atoms with Gasteiger partial charge in [0.1, 0.15) is 12.6 Å². The zero-order chi connectivity index (χ0) is 30.3. The molecule has 0 fully saturated rings. The normalized spacial score (nSPS) is 12.9. The van der Waals surface area contributed by atoms with Crippen LogP contribution >= 0.6 is 23.2 Å². The van der Waals surface area contributed by atoms with Crippen LogP contribution in [0.2, 0.25) is 10.0 Å². The summed E-state index contributed by atoms with van der Waals surface area (Å²) >= 11 is 12.9. The van der Waals surface area contributed by atoms with Gasteiger partial charge in [-0.3, -0.25) is 13.9 Å². The van der Waals surface area contributed by atoms with E-state index in [1.54, 1.807) is 55.5 Å². The van der Waals surface area contributed by atoms with E-state index >= 15 is 0 Å². The zero-order valence-electron chi connectivity index (χ0n) is 24.0. The van der Waals surface area contributed by atoms with Gasteiger partial charge in [-0.2, -0.15) is 0 Å². The van der Waals surface area contributed by atoms with Crippen LogP contribution in [0.3, 0.4) is 0 Å². The molecule has 0 aromatic heterocycles. The number of halogens is 2. The van der Waals surface area contributed by atoms with Gasteiger partial charge in [0.2, 0.25) is 11.8 Å². The molecule has 0 aliphatic rings. The molecule has 0 aliphatic heterocycles. The average molecular weight is 619 g/mol. The van der Waals surface area contributed by atoms with E-state index in [9.17, 15) is 18.0 Å². The maximum atomic E-state index is 14.2. The standard InChI is InChI=1S/C31H37Cl2N3O4S/c1-6-23(5)34-31(38)29(7-2)35(19-26-27(32)14-11-15-28(26)33)30(37)20-36(24-17-21(3)16-22(4)18-24)41(39,40)25-12-9-8-10-13-25/h8-18,23,29H,6-7,19-20H2,1-5H3,(H,34,38). The summed E-state index contributed by atoms with van der Waals surface area (Å²) in [5.41, 5.74) is 2.52. The first-order chi connectivity index (χ1) is 19.4. The molecule has 1 N–H and O–H groups in total. The van der Waals surface area contributed by atoms with Gasteiger partial charge in [0.05, 0.1) is 10.6 Å². The Kier molecular flexibility index (Phi) is 11.2. The van der Waals surface area contributed by atoms with Crippen molar-refractivity contribution in [2.24, 2.45) is 0 Å². The minimum absolute atomic E-state index is 0.0502. The van der Waals surface area contributed by atoms with Crippen LogP contribution in [0.5, 0.6) is 0 Å². The molecule has 0 aliphatic carbocycles. The van der Waals surface area contributed by atoms with E-state index in [2.05, 4.69) is 5.32 Å². The van der Waals surface area contributed by atoms with Gasteiger partial charge in [-0.15, -0.1) is 0 Å². The number of nitrogens with zero attached hydrogens (tertiary/aromatic N) is 2. The Morgan fingerprint density at radius 2 is 1.46 bits per heavy atom. The molecule has 7 nitrogen and oxygen atoms in total. The van der Waals surface area contributed by atoms with Crippen LogP contribution in [0.15, 0.2) is 71.6 Å². The van der Waals surface area contributed by atoms with E-state index in [4.69, 9.17) is 23.2 Å². The molecule has 3 aromatic carbocycles. The SMILES string of the molecule is CCC(C)NC(=O)C(CC)N(Cc1c(Cl)cccc1Cl)C(=O)CN(c1cc(C)cc(C)c1)S(=O)(=O)c1ccccc1. The van der Waals surface area contributed by atoms with Crippen molar-refractivity contribution in [3.8, 4) is 0 Å². The lowest BCUT2D eigenvalue weighted by Gasteiger charge is -2.34. The highest BCUT2D eigenvalue weighted by atomic mass is 35.5. The number of carbonyl (C=O) groups is 2. The van der Waals surface area contributed by atoms with Crippen LogP contribution in [-0.4, -0.2) is 43.8 Å². The molecule has 2 atom stereocenters. The maximum absolute atomic E-state index is 14.2. The molecule has 3 aromatic rings. The second-order valence-corrected chi connectivity index (χ2v) is 12.8. The molecular weight excluding hydrogens is 581 g/mol. The summed E-state index contributed by atoms with van der Waals surface area (Å²) in [4.78, 5) is 29.1. The number of sulfonamides is 1. The number of benzene rings is 3. The third-order valence-corrected chi connectivity index (χ3v) is 9.38. The maximum Gasteiger partial charge on any atom is 0.264 e. The highest BCUT2D eigenvalue weighted by molar-refractivity contribution is 7.92. The van der Waals surface area contributed by atoms with E-state index in [1.165, 1.54) is 17.0 Å². The zero-order valence-corrected chi connectivity index (χ0v) is 26.4. The van der Waals surface area contributed by atoms with E-state index in [0.717, 1.165) is 15.4 Å². The van der Waals surface area contributed by atoms with E-state index in [-0.39, 0.29) is 23.4 Å². The third kappa shape index (κ3) is 8.03. The minimum Gasteiger partial charge on any atom is -0.352 e. The molecule has 0 saturated heterocycles. The monoisotopic (exact) mass is 617 g/mol. The summed E-state index contributed by atoms with van der Waals surface area (Å²) < 4.78 is 29.0. The molecule has 0 heterocycles. The fourth-order valence-electron chi connectivity index (χ4n) is 4.56. The first-order valence-corrected chi connectivity index (χ1v) is 15.8. The fraction of sp³-hybridized carbons (Fsp3) is 0.355. The number of rotatable bonds is 12. The molecule has 2 unspecified atom stereocenters. The quantitative estimate of drug-likeness (QED) is 0.250. The van der Waals surface area contributed by atoms with Crippen LogP contribution in [-0.2, 0) is 26.2 Å². The number of carbonyl (C=O) groups excluding carboxylic acids is 2. The third-order valence-electron chi connectivity index (χ3n) is 6.88. The van der Waals surface area contributed by atoms with Crippen molar-refractivity contribution in [1.29, 1.82) is 0 Å². The number of amides is 2. The Hall–Kier alpha value is -3.07. The van der Waals surface area contributed by atoms with Gasteiger partial charge in [0.25, 0.3) is 10.0 Å². The summed E-state index contributed by atoms with van der Waals surface area (Å²) in [7, 11) is -4.15. The van der Waals surface area contributed by atoms with Crippen LogP contribution in [0.4, 0.5) is 5.69 Å². The first-order valence-electron chi connectivity index (χ1n) is 13.6. The lowest BCUT2D eigenvalue weighted by Crippen LogP contribution is -2.53. The summed E-state index contributed by atoms with van der Waals surface area (Å²) in [6.45, 7) is 8.76. The highest BCUT2D eigenvalue weighted by Gasteiger charge is 2.34. The van der Waals surface area contributed by atoms with Gasteiger partial charge >= 0.3 is 0 Å². The Morgan fingerprint density at radius 1 is 0.878 bits per heavy atom. The summed E-state index contributed by atoms with van der Waals surface area (Å²) in [6.07, 6.45) is 1.01. The van der Waals surface area contributed by atoms with Crippen LogP contribution < -0.4 is 9.62 Å². The van der Waals surface area contributed by atoms with Gasteiger partial charge in [-0.1, -0.05) is 67.4 Å². The molecule has 0 bridgehead atoms. The van der Waals surface area contributed by atoms with E-state index in [0.29, 0.717) is 34.1 Å². The van der Waals surface area contributed by atoms with Crippen molar-refractivity contribution in [3.63, 3.8) is 0 Å². The number of anilines is 1. The van der Waals surface area contributed by atoms with Gasteiger partial charge in [-0.25, -0.2) is 8.42 Å². The fourth-order valence-corrected chi connectivity index (χ4v) is 6.49. The first kappa shape index (κ1) is 32.4. The Bertz CT molecular complexity index is 1440. The van der Waals surface area contributed by atoms with Crippen LogP contribution in [0.1, 0.15) is 50.3 Å². The minimum atomic E-state index is -4.15. The Morgan fingerprint density at radius 3 is 2.00 bits per heavy atom. The molecule has 0 spiro atoms. The average Bonchev–Trinajstić information content (AvgIpc) is 2.92. The molecular formula is C31H37Cl2N3O4S. The molecule has 220 valence electrons. The molecule has 41 heavy (non-hydrogen) atoms. The van der Waals surface area contributed by atoms with Crippen molar-refractivity contribution in [2.75, 3.05) is 10.8 Å². The molecule has 0 saturated carbocycles. The van der Waals surface area contributed by atoms with Gasteiger partial charge in [0, 0.05) is 28.2 Å². The van der Waals surface area contributed by atoms with Crippen molar-refractivity contribution < 1.29 is 18.0 Å². The second kappa shape index (κ2) is 14.2. The molecule has 10 heteroatoms.